The molecule has 0 spiro atoms. The Morgan fingerprint density at radius 3 is 2.40 bits per heavy atom. The van der Waals surface area contributed by atoms with Crippen LogP contribution in [-0.2, 0) is 10.0 Å². The summed E-state index contributed by atoms with van der Waals surface area (Å²) in [5, 5.41) is -0.390. The number of sulfonamides is 1. The molecule has 0 saturated heterocycles. The van der Waals surface area contributed by atoms with Crippen molar-refractivity contribution in [2.24, 2.45) is 5.92 Å². The minimum Gasteiger partial charge on any atom is -0.433 e. The number of nitrogens with one attached hydrogen (secondary N) is 1. The van der Waals surface area contributed by atoms with Gasteiger partial charge in [0, 0.05) is 6.04 Å². The first-order chi connectivity index (χ1) is 11.5. The summed E-state index contributed by atoms with van der Waals surface area (Å²) < 4.78 is 94.4. The molecule has 1 aliphatic rings. The Bertz CT molecular complexity index is 711. The molecule has 25 heavy (non-hydrogen) atoms. The Hall–Kier alpha value is -1.13. The first kappa shape index (κ1) is 20.2. The number of alkyl halides is 5. The zero-order valence-electron chi connectivity index (χ0n) is 12.7. The summed E-state index contributed by atoms with van der Waals surface area (Å²) in [6.07, 6.45) is -3.77. The maximum Gasteiger partial charge on any atom is 0.393 e. The molecule has 1 aliphatic carbocycles. The van der Waals surface area contributed by atoms with E-state index < -0.39 is 45.4 Å². The van der Waals surface area contributed by atoms with Crippen molar-refractivity contribution in [2.45, 2.75) is 49.4 Å². The van der Waals surface area contributed by atoms with Crippen LogP contribution in [0.2, 0.25) is 5.02 Å². The van der Waals surface area contributed by atoms with Gasteiger partial charge in [-0.15, -0.1) is 0 Å². The lowest BCUT2D eigenvalue weighted by molar-refractivity contribution is -0.187. The number of hydrogen-bond donors (Lipinski definition) is 1. The third kappa shape index (κ3) is 5.18. The largest absolute Gasteiger partial charge is 0.433 e. The third-order valence-corrected chi connectivity index (χ3v) is 5.71. The Morgan fingerprint density at radius 1 is 1.20 bits per heavy atom. The molecule has 1 N–H and O–H groups in total. The highest BCUT2D eigenvalue weighted by Gasteiger charge is 2.46. The second-order valence-electron chi connectivity index (χ2n) is 5.63. The second-order valence-corrected chi connectivity index (χ2v) is 7.75. The molecule has 1 saturated carbocycles. The van der Waals surface area contributed by atoms with Crippen molar-refractivity contribution < 1.29 is 35.1 Å². The highest BCUT2D eigenvalue weighted by atomic mass is 35.5. The van der Waals surface area contributed by atoms with Gasteiger partial charge in [-0.25, -0.2) is 13.1 Å². The van der Waals surface area contributed by atoms with E-state index in [-0.39, 0.29) is 17.9 Å². The molecule has 11 heteroatoms. The van der Waals surface area contributed by atoms with Gasteiger partial charge in [0.15, 0.2) is 0 Å². The molecular weight excluding hydrogens is 393 g/mol. The van der Waals surface area contributed by atoms with Gasteiger partial charge in [0.1, 0.15) is 5.75 Å². The third-order valence-electron chi connectivity index (χ3n) is 3.92. The summed E-state index contributed by atoms with van der Waals surface area (Å²) in [5.74, 6) is -2.20. The Balaban J connectivity index is 2.22. The topological polar surface area (TPSA) is 55.4 Å². The van der Waals surface area contributed by atoms with Crippen molar-refractivity contribution in [3.05, 3.63) is 23.2 Å². The van der Waals surface area contributed by atoms with Gasteiger partial charge in [-0.1, -0.05) is 24.4 Å². The molecule has 0 radical (unpaired) electrons. The molecule has 1 fully saturated rings. The number of ether oxygens (including phenoxy) is 1. The van der Waals surface area contributed by atoms with E-state index in [0.717, 1.165) is 18.2 Å². The first-order valence-corrected chi connectivity index (χ1v) is 9.20. The predicted octanol–water partition coefficient (Wildman–Crippen LogP) is 4.34. The van der Waals surface area contributed by atoms with Gasteiger partial charge >= 0.3 is 12.8 Å². The van der Waals surface area contributed by atoms with Gasteiger partial charge in [0.2, 0.25) is 10.0 Å². The summed E-state index contributed by atoms with van der Waals surface area (Å²) in [4.78, 5) is -0.425. The van der Waals surface area contributed by atoms with E-state index in [1.54, 1.807) is 0 Å². The van der Waals surface area contributed by atoms with Crippen LogP contribution in [0.1, 0.15) is 25.7 Å². The summed E-state index contributed by atoms with van der Waals surface area (Å²) in [5.41, 5.74) is 0. The van der Waals surface area contributed by atoms with E-state index in [2.05, 4.69) is 9.46 Å². The molecule has 0 aliphatic heterocycles. The number of hydrogen-bond acceptors (Lipinski definition) is 3. The lowest BCUT2D eigenvalue weighted by Gasteiger charge is -2.33. The molecule has 0 amide bonds. The summed E-state index contributed by atoms with van der Waals surface area (Å²) in [7, 11) is -4.30. The van der Waals surface area contributed by atoms with E-state index in [1.807, 2.05) is 0 Å². The van der Waals surface area contributed by atoms with Crippen LogP contribution >= 0.6 is 11.6 Å². The lowest BCUT2D eigenvalue weighted by atomic mass is 9.85. The van der Waals surface area contributed by atoms with Crippen molar-refractivity contribution in [3.8, 4) is 5.75 Å². The maximum absolute atomic E-state index is 13.1. The summed E-state index contributed by atoms with van der Waals surface area (Å²) >= 11 is 5.69. The van der Waals surface area contributed by atoms with Crippen LogP contribution in [0.25, 0.3) is 0 Å². The monoisotopic (exact) mass is 407 g/mol. The van der Waals surface area contributed by atoms with Crippen LogP contribution in [-0.4, -0.2) is 27.2 Å². The molecule has 4 nitrogen and oxygen atoms in total. The van der Waals surface area contributed by atoms with Gasteiger partial charge in [0.25, 0.3) is 0 Å². The number of rotatable bonds is 5. The zero-order valence-corrected chi connectivity index (χ0v) is 14.3. The molecule has 0 bridgehead atoms. The van der Waals surface area contributed by atoms with Gasteiger partial charge in [-0.2, -0.15) is 22.0 Å². The van der Waals surface area contributed by atoms with Crippen molar-refractivity contribution in [2.75, 3.05) is 0 Å². The Labute approximate surface area is 146 Å². The molecular formula is C14H15ClF5NO3S. The van der Waals surface area contributed by atoms with E-state index >= 15 is 0 Å². The smallest absolute Gasteiger partial charge is 0.393 e. The SMILES string of the molecule is O=S(=O)(NC1CCCCC1C(F)(F)F)c1ccc(OC(F)F)c(Cl)c1. The van der Waals surface area contributed by atoms with Crippen molar-refractivity contribution >= 4 is 21.6 Å². The van der Waals surface area contributed by atoms with E-state index in [9.17, 15) is 30.4 Å². The highest BCUT2D eigenvalue weighted by molar-refractivity contribution is 7.89. The van der Waals surface area contributed by atoms with E-state index in [4.69, 9.17) is 11.6 Å². The molecule has 142 valence electrons. The van der Waals surface area contributed by atoms with Crippen molar-refractivity contribution in [1.82, 2.24) is 4.72 Å². The average molecular weight is 408 g/mol. The molecule has 1 aromatic carbocycles. The van der Waals surface area contributed by atoms with Gasteiger partial charge < -0.3 is 4.74 Å². The van der Waals surface area contributed by atoms with Crippen molar-refractivity contribution in [1.29, 1.82) is 0 Å². The normalized spacial score (nSPS) is 22.2. The summed E-state index contributed by atoms with van der Waals surface area (Å²) in [6.45, 7) is -3.15. The van der Waals surface area contributed by atoms with E-state index in [1.165, 1.54) is 0 Å². The molecule has 0 heterocycles. The minimum absolute atomic E-state index is 0.0592. The lowest BCUT2D eigenvalue weighted by Crippen LogP contribution is -2.47. The first-order valence-electron chi connectivity index (χ1n) is 7.34. The van der Waals surface area contributed by atoms with E-state index in [0.29, 0.717) is 12.8 Å². The van der Waals surface area contributed by atoms with Crippen LogP contribution in [0.3, 0.4) is 0 Å². The fourth-order valence-corrected chi connectivity index (χ4v) is 4.40. The fourth-order valence-electron chi connectivity index (χ4n) is 2.77. The predicted molar refractivity (Wildman–Crippen MR) is 80.2 cm³/mol. The second kappa shape index (κ2) is 7.63. The van der Waals surface area contributed by atoms with Crippen LogP contribution in [0.15, 0.2) is 23.1 Å². The number of halogens is 6. The van der Waals surface area contributed by atoms with Gasteiger partial charge in [-0.3, -0.25) is 0 Å². The van der Waals surface area contributed by atoms with Gasteiger partial charge in [-0.05, 0) is 31.0 Å². The quantitative estimate of drug-likeness (QED) is 0.739. The Kier molecular flexibility index (Phi) is 6.16. The minimum atomic E-state index is -4.51. The highest BCUT2D eigenvalue weighted by Crippen LogP contribution is 2.38. The summed E-state index contributed by atoms with van der Waals surface area (Å²) in [6, 6.07) is 1.43. The van der Waals surface area contributed by atoms with Crippen LogP contribution < -0.4 is 9.46 Å². The fraction of sp³-hybridized carbons (Fsp3) is 0.571. The van der Waals surface area contributed by atoms with Gasteiger partial charge in [0.05, 0.1) is 15.8 Å². The molecule has 0 aromatic heterocycles. The maximum atomic E-state index is 13.1. The molecule has 2 atom stereocenters. The molecule has 2 rings (SSSR count). The van der Waals surface area contributed by atoms with Crippen LogP contribution in [0.4, 0.5) is 22.0 Å². The average Bonchev–Trinajstić information content (AvgIpc) is 2.48. The standard InChI is InChI=1S/C14H15ClF5NO3S/c15-10-7-8(5-6-12(10)24-13(16)17)25(22,23)21-11-4-2-1-3-9(11)14(18,19)20/h5-7,9,11,13,21H,1-4H2. The Morgan fingerprint density at radius 2 is 1.84 bits per heavy atom. The number of benzene rings is 1. The zero-order chi connectivity index (χ0) is 18.8. The molecule has 2 unspecified atom stereocenters. The van der Waals surface area contributed by atoms with Crippen LogP contribution in [0, 0.1) is 5.92 Å². The van der Waals surface area contributed by atoms with Crippen molar-refractivity contribution in [3.63, 3.8) is 0 Å². The molecule has 1 aromatic rings. The van der Waals surface area contributed by atoms with Crippen LogP contribution in [0.5, 0.6) is 5.75 Å².